The van der Waals surface area contributed by atoms with Crippen LogP contribution in [0.15, 0.2) is 77.7 Å². The molecule has 0 spiro atoms. The number of nitrogens with one attached hydrogen (secondary N) is 1. The Morgan fingerprint density at radius 1 is 1.00 bits per heavy atom. The third kappa shape index (κ3) is 4.30. The molecule has 0 atom stereocenters. The van der Waals surface area contributed by atoms with Crippen LogP contribution in [0, 0.1) is 6.92 Å². The average Bonchev–Trinajstić information content (AvgIpc) is 3.18. The molecule has 3 aromatic carbocycles. The SMILES string of the molecule is Cc1ccc(C(=O)N2CCc3cc(S(=O)(=O)NCCc4ccccc4)ccc32)cc1. The summed E-state index contributed by atoms with van der Waals surface area (Å²) in [6.45, 7) is 2.86. The van der Waals surface area contributed by atoms with Gasteiger partial charge in [0, 0.05) is 24.3 Å². The number of anilines is 1. The lowest BCUT2D eigenvalue weighted by molar-refractivity contribution is 0.0989. The minimum atomic E-state index is -3.60. The van der Waals surface area contributed by atoms with Crippen LogP contribution in [0.3, 0.4) is 0 Å². The van der Waals surface area contributed by atoms with Gasteiger partial charge in [-0.2, -0.15) is 0 Å². The van der Waals surface area contributed by atoms with E-state index in [2.05, 4.69) is 4.72 Å². The highest BCUT2D eigenvalue weighted by Crippen LogP contribution is 2.31. The zero-order valence-electron chi connectivity index (χ0n) is 16.8. The van der Waals surface area contributed by atoms with Gasteiger partial charge in [0.05, 0.1) is 4.90 Å². The molecule has 154 valence electrons. The summed E-state index contributed by atoms with van der Waals surface area (Å²) in [5.41, 5.74) is 4.47. The number of carbonyl (C=O) groups is 1. The quantitative estimate of drug-likeness (QED) is 0.661. The van der Waals surface area contributed by atoms with Gasteiger partial charge in [0.15, 0.2) is 0 Å². The van der Waals surface area contributed by atoms with E-state index in [1.165, 1.54) is 0 Å². The molecule has 1 aliphatic rings. The Morgan fingerprint density at radius 2 is 1.73 bits per heavy atom. The molecule has 0 aromatic heterocycles. The van der Waals surface area contributed by atoms with E-state index in [-0.39, 0.29) is 10.8 Å². The number of nitrogens with zero attached hydrogens (tertiary/aromatic N) is 1. The van der Waals surface area contributed by atoms with Crippen molar-refractivity contribution in [3.8, 4) is 0 Å². The van der Waals surface area contributed by atoms with E-state index < -0.39 is 10.0 Å². The predicted octanol–water partition coefficient (Wildman–Crippen LogP) is 3.72. The Bertz CT molecular complexity index is 1160. The predicted molar refractivity (Wildman–Crippen MR) is 118 cm³/mol. The summed E-state index contributed by atoms with van der Waals surface area (Å²) in [4.78, 5) is 14.8. The first kappa shape index (κ1) is 20.3. The molecule has 6 heteroatoms. The van der Waals surface area contributed by atoms with Gasteiger partial charge in [-0.25, -0.2) is 13.1 Å². The van der Waals surface area contributed by atoms with Crippen molar-refractivity contribution < 1.29 is 13.2 Å². The van der Waals surface area contributed by atoms with Gasteiger partial charge in [-0.3, -0.25) is 4.79 Å². The number of amides is 1. The molecule has 1 aliphatic heterocycles. The monoisotopic (exact) mass is 420 g/mol. The largest absolute Gasteiger partial charge is 0.308 e. The Labute approximate surface area is 177 Å². The summed E-state index contributed by atoms with van der Waals surface area (Å²) >= 11 is 0. The van der Waals surface area contributed by atoms with Crippen molar-refractivity contribution in [3.63, 3.8) is 0 Å². The van der Waals surface area contributed by atoms with E-state index >= 15 is 0 Å². The highest BCUT2D eigenvalue weighted by atomic mass is 32.2. The van der Waals surface area contributed by atoms with E-state index in [4.69, 9.17) is 0 Å². The second kappa shape index (κ2) is 8.42. The standard InChI is InChI=1S/C24H24N2O3S/c1-18-7-9-20(10-8-18)24(27)26-16-14-21-17-22(11-12-23(21)26)30(28,29)25-15-13-19-5-3-2-4-6-19/h2-12,17,25H,13-16H2,1H3. The van der Waals surface area contributed by atoms with Crippen LogP contribution in [0.1, 0.15) is 27.0 Å². The molecule has 0 radical (unpaired) electrons. The summed E-state index contributed by atoms with van der Waals surface area (Å²) in [7, 11) is -3.60. The lowest BCUT2D eigenvalue weighted by atomic mass is 10.1. The van der Waals surface area contributed by atoms with Crippen molar-refractivity contribution in [2.75, 3.05) is 18.0 Å². The number of carbonyl (C=O) groups excluding carboxylic acids is 1. The van der Waals surface area contributed by atoms with Crippen LogP contribution >= 0.6 is 0 Å². The smallest absolute Gasteiger partial charge is 0.258 e. The molecule has 1 heterocycles. The maximum atomic E-state index is 12.9. The molecule has 0 saturated carbocycles. The summed E-state index contributed by atoms with van der Waals surface area (Å²) in [5.74, 6) is -0.0645. The van der Waals surface area contributed by atoms with Gasteiger partial charge >= 0.3 is 0 Å². The fourth-order valence-corrected chi connectivity index (χ4v) is 4.75. The highest BCUT2D eigenvalue weighted by molar-refractivity contribution is 7.89. The number of aryl methyl sites for hydroxylation is 1. The molecular formula is C24H24N2O3S. The number of rotatable bonds is 6. The normalized spacial score (nSPS) is 13.3. The van der Waals surface area contributed by atoms with Crippen LogP contribution in [0.4, 0.5) is 5.69 Å². The van der Waals surface area contributed by atoms with Gasteiger partial charge in [0.2, 0.25) is 10.0 Å². The number of benzene rings is 3. The summed E-state index contributed by atoms with van der Waals surface area (Å²) in [6.07, 6.45) is 1.27. The van der Waals surface area contributed by atoms with Crippen LogP contribution in [0.25, 0.3) is 0 Å². The molecule has 1 amide bonds. The molecule has 0 aliphatic carbocycles. The molecule has 4 rings (SSSR count). The molecule has 1 N–H and O–H groups in total. The minimum Gasteiger partial charge on any atom is -0.308 e. The highest BCUT2D eigenvalue weighted by Gasteiger charge is 2.27. The Kier molecular flexibility index (Phi) is 5.70. The third-order valence-corrected chi connectivity index (χ3v) is 6.81. The molecule has 3 aromatic rings. The Balaban J connectivity index is 1.47. The summed E-state index contributed by atoms with van der Waals surface area (Å²) < 4.78 is 28.1. The van der Waals surface area contributed by atoms with Crippen molar-refractivity contribution in [1.82, 2.24) is 4.72 Å². The van der Waals surface area contributed by atoms with E-state index in [1.807, 2.05) is 61.5 Å². The van der Waals surface area contributed by atoms with Gasteiger partial charge in [0.25, 0.3) is 5.91 Å². The first-order valence-corrected chi connectivity index (χ1v) is 11.5. The van der Waals surface area contributed by atoms with E-state index in [0.29, 0.717) is 31.5 Å². The van der Waals surface area contributed by atoms with Gasteiger partial charge < -0.3 is 4.90 Å². The lowest BCUT2D eigenvalue weighted by Crippen LogP contribution is -2.29. The van der Waals surface area contributed by atoms with Gasteiger partial charge in [0.1, 0.15) is 0 Å². The van der Waals surface area contributed by atoms with E-state index in [1.54, 1.807) is 23.1 Å². The second-order valence-electron chi connectivity index (χ2n) is 7.50. The number of hydrogen-bond donors (Lipinski definition) is 1. The van der Waals surface area contributed by atoms with Crippen LogP contribution in [-0.4, -0.2) is 27.4 Å². The summed E-state index contributed by atoms with van der Waals surface area (Å²) in [6, 6.07) is 22.2. The first-order chi connectivity index (χ1) is 14.4. The van der Waals surface area contributed by atoms with Crippen molar-refractivity contribution in [3.05, 3.63) is 95.1 Å². The topological polar surface area (TPSA) is 66.5 Å². The second-order valence-corrected chi connectivity index (χ2v) is 9.26. The maximum Gasteiger partial charge on any atom is 0.258 e. The molecular weight excluding hydrogens is 396 g/mol. The van der Waals surface area contributed by atoms with Gasteiger partial charge in [-0.15, -0.1) is 0 Å². The average molecular weight is 421 g/mol. The molecule has 0 unspecified atom stereocenters. The number of fused-ring (bicyclic) bond motifs is 1. The van der Waals surface area contributed by atoms with Gasteiger partial charge in [-0.1, -0.05) is 48.0 Å². The molecule has 30 heavy (non-hydrogen) atoms. The fourth-order valence-electron chi connectivity index (χ4n) is 3.67. The lowest BCUT2D eigenvalue weighted by Gasteiger charge is -2.18. The third-order valence-electron chi connectivity index (χ3n) is 5.35. The minimum absolute atomic E-state index is 0.0645. The maximum absolute atomic E-state index is 12.9. The Hall–Kier alpha value is -2.96. The van der Waals surface area contributed by atoms with Gasteiger partial charge in [-0.05, 0) is 61.2 Å². The van der Waals surface area contributed by atoms with Crippen molar-refractivity contribution >= 4 is 21.6 Å². The fraction of sp³-hybridized carbons (Fsp3) is 0.208. The first-order valence-electron chi connectivity index (χ1n) is 9.99. The molecule has 0 bridgehead atoms. The van der Waals surface area contributed by atoms with Crippen LogP contribution in [0.5, 0.6) is 0 Å². The Morgan fingerprint density at radius 3 is 2.47 bits per heavy atom. The van der Waals surface area contributed by atoms with Crippen LogP contribution in [0.2, 0.25) is 0 Å². The van der Waals surface area contributed by atoms with Crippen molar-refractivity contribution in [2.45, 2.75) is 24.7 Å². The molecule has 0 fully saturated rings. The van der Waals surface area contributed by atoms with E-state index in [9.17, 15) is 13.2 Å². The van der Waals surface area contributed by atoms with Crippen molar-refractivity contribution in [2.24, 2.45) is 0 Å². The number of hydrogen-bond acceptors (Lipinski definition) is 3. The van der Waals surface area contributed by atoms with Crippen LogP contribution in [-0.2, 0) is 22.9 Å². The molecule has 5 nitrogen and oxygen atoms in total. The molecule has 0 saturated heterocycles. The van der Waals surface area contributed by atoms with Crippen molar-refractivity contribution in [1.29, 1.82) is 0 Å². The van der Waals surface area contributed by atoms with Crippen LogP contribution < -0.4 is 9.62 Å². The summed E-state index contributed by atoms with van der Waals surface area (Å²) in [5, 5.41) is 0. The zero-order chi connectivity index (χ0) is 21.1. The number of sulfonamides is 1. The van der Waals surface area contributed by atoms with E-state index in [0.717, 1.165) is 22.4 Å². The zero-order valence-corrected chi connectivity index (χ0v) is 17.7.